The molecule has 1 atom stereocenters. The van der Waals surface area contributed by atoms with E-state index in [9.17, 15) is 0 Å². The second kappa shape index (κ2) is 9.82. The van der Waals surface area contributed by atoms with Gasteiger partial charge in [0.25, 0.3) is 0 Å². The molecule has 1 aromatic rings. The molecular weight excluding hydrogens is 246 g/mol. The summed E-state index contributed by atoms with van der Waals surface area (Å²) < 4.78 is 5.86. The maximum Gasteiger partial charge on any atom is 0.122 e. The lowest BCUT2D eigenvalue weighted by molar-refractivity contribution is 0.302. The molecule has 0 spiro atoms. The second-order valence-corrected chi connectivity index (χ2v) is 5.78. The van der Waals surface area contributed by atoms with E-state index >= 15 is 0 Å². The molecule has 0 bridgehead atoms. The predicted octanol–water partition coefficient (Wildman–Crippen LogP) is 5.14. The van der Waals surface area contributed by atoms with Crippen LogP contribution in [-0.2, 0) is 0 Å². The molecule has 2 heteroatoms. The molecule has 0 saturated heterocycles. The molecule has 0 aliphatic heterocycles. The SMILES string of the molecule is CCCCCCCCCOc1ccc([C@@H](C)N)cc1C. The Hall–Kier alpha value is -1.02. The summed E-state index contributed by atoms with van der Waals surface area (Å²) in [6.07, 6.45) is 9.22. The zero-order valence-electron chi connectivity index (χ0n) is 13.5. The van der Waals surface area contributed by atoms with E-state index in [1.807, 2.05) is 6.92 Å². The minimum absolute atomic E-state index is 0.0888. The summed E-state index contributed by atoms with van der Waals surface area (Å²) in [6, 6.07) is 6.34. The summed E-state index contributed by atoms with van der Waals surface area (Å²) in [5.41, 5.74) is 8.24. The van der Waals surface area contributed by atoms with Gasteiger partial charge in [-0.3, -0.25) is 0 Å². The van der Waals surface area contributed by atoms with Gasteiger partial charge in [0.1, 0.15) is 5.75 Å². The van der Waals surface area contributed by atoms with Crippen LogP contribution in [0.4, 0.5) is 0 Å². The number of hydrogen-bond acceptors (Lipinski definition) is 2. The van der Waals surface area contributed by atoms with Crippen molar-refractivity contribution >= 4 is 0 Å². The molecule has 1 rings (SSSR count). The molecule has 0 aromatic heterocycles. The van der Waals surface area contributed by atoms with Crippen LogP contribution >= 0.6 is 0 Å². The maximum atomic E-state index is 5.88. The minimum atomic E-state index is 0.0888. The molecule has 1 aromatic carbocycles. The Kier molecular flexibility index (Phi) is 8.36. The number of benzene rings is 1. The fourth-order valence-corrected chi connectivity index (χ4v) is 2.36. The standard InChI is InChI=1S/C18H31NO/c1-4-5-6-7-8-9-10-13-20-18-12-11-17(16(3)19)14-15(18)2/h11-12,14,16H,4-10,13,19H2,1-3H3/t16-/m1/s1. The molecule has 2 N–H and O–H groups in total. The van der Waals surface area contributed by atoms with Crippen molar-refractivity contribution in [2.75, 3.05) is 6.61 Å². The van der Waals surface area contributed by atoms with Gasteiger partial charge in [-0.05, 0) is 37.5 Å². The van der Waals surface area contributed by atoms with Gasteiger partial charge in [-0.1, -0.05) is 57.6 Å². The first-order valence-corrected chi connectivity index (χ1v) is 8.14. The second-order valence-electron chi connectivity index (χ2n) is 5.78. The molecule has 0 aliphatic carbocycles. The molecule has 114 valence electrons. The fraction of sp³-hybridized carbons (Fsp3) is 0.667. The van der Waals surface area contributed by atoms with Crippen LogP contribution in [0.2, 0.25) is 0 Å². The minimum Gasteiger partial charge on any atom is -0.493 e. The van der Waals surface area contributed by atoms with E-state index < -0.39 is 0 Å². The lowest BCUT2D eigenvalue weighted by Crippen LogP contribution is -2.06. The van der Waals surface area contributed by atoms with E-state index in [-0.39, 0.29) is 6.04 Å². The normalized spacial score (nSPS) is 12.4. The zero-order chi connectivity index (χ0) is 14.8. The van der Waals surface area contributed by atoms with Crippen molar-refractivity contribution < 1.29 is 4.74 Å². The Labute approximate surface area is 124 Å². The lowest BCUT2D eigenvalue weighted by atomic mass is 10.1. The highest BCUT2D eigenvalue weighted by atomic mass is 16.5. The Bertz CT molecular complexity index is 374. The highest BCUT2D eigenvalue weighted by Gasteiger charge is 2.04. The summed E-state index contributed by atoms with van der Waals surface area (Å²) >= 11 is 0. The summed E-state index contributed by atoms with van der Waals surface area (Å²) in [4.78, 5) is 0. The molecular formula is C18H31NO. The molecule has 0 unspecified atom stereocenters. The predicted molar refractivity (Wildman–Crippen MR) is 87.3 cm³/mol. The van der Waals surface area contributed by atoms with Crippen LogP contribution in [0.25, 0.3) is 0 Å². The van der Waals surface area contributed by atoms with Crippen molar-refractivity contribution in [1.29, 1.82) is 0 Å². The van der Waals surface area contributed by atoms with E-state index in [0.717, 1.165) is 18.8 Å². The molecule has 0 fully saturated rings. The van der Waals surface area contributed by atoms with Gasteiger partial charge in [0.2, 0.25) is 0 Å². The topological polar surface area (TPSA) is 35.2 Å². The number of ether oxygens (including phenoxy) is 1. The van der Waals surface area contributed by atoms with Gasteiger partial charge in [0, 0.05) is 6.04 Å². The van der Waals surface area contributed by atoms with Gasteiger partial charge in [0.05, 0.1) is 6.61 Å². The Morgan fingerprint density at radius 3 is 2.30 bits per heavy atom. The van der Waals surface area contributed by atoms with Crippen molar-refractivity contribution in [2.24, 2.45) is 5.73 Å². The number of unbranched alkanes of at least 4 members (excludes halogenated alkanes) is 6. The lowest BCUT2D eigenvalue weighted by Gasteiger charge is -2.12. The van der Waals surface area contributed by atoms with Crippen LogP contribution in [0, 0.1) is 6.92 Å². The average molecular weight is 277 g/mol. The zero-order valence-corrected chi connectivity index (χ0v) is 13.5. The van der Waals surface area contributed by atoms with E-state index in [2.05, 4.69) is 32.0 Å². The Morgan fingerprint density at radius 1 is 1.05 bits per heavy atom. The quantitative estimate of drug-likeness (QED) is 0.601. The van der Waals surface area contributed by atoms with Crippen molar-refractivity contribution in [1.82, 2.24) is 0 Å². The summed E-state index contributed by atoms with van der Waals surface area (Å²) in [5, 5.41) is 0. The third kappa shape index (κ3) is 6.42. The summed E-state index contributed by atoms with van der Waals surface area (Å²) in [7, 11) is 0. The molecule has 0 amide bonds. The highest BCUT2D eigenvalue weighted by Crippen LogP contribution is 2.22. The van der Waals surface area contributed by atoms with E-state index in [4.69, 9.17) is 10.5 Å². The van der Waals surface area contributed by atoms with E-state index in [1.54, 1.807) is 0 Å². The molecule has 0 aliphatic rings. The number of rotatable bonds is 10. The van der Waals surface area contributed by atoms with Gasteiger partial charge in [-0.15, -0.1) is 0 Å². The number of hydrogen-bond donors (Lipinski definition) is 1. The van der Waals surface area contributed by atoms with Crippen LogP contribution in [0.3, 0.4) is 0 Å². The van der Waals surface area contributed by atoms with E-state index in [1.165, 1.54) is 49.7 Å². The van der Waals surface area contributed by atoms with Crippen LogP contribution in [0.1, 0.15) is 76.0 Å². The molecule has 0 radical (unpaired) electrons. The van der Waals surface area contributed by atoms with Crippen molar-refractivity contribution in [3.8, 4) is 5.75 Å². The first-order chi connectivity index (χ1) is 9.65. The number of aryl methyl sites for hydroxylation is 1. The van der Waals surface area contributed by atoms with Gasteiger partial charge < -0.3 is 10.5 Å². The van der Waals surface area contributed by atoms with Gasteiger partial charge >= 0.3 is 0 Å². The Morgan fingerprint density at radius 2 is 1.70 bits per heavy atom. The first kappa shape index (κ1) is 17.0. The molecule has 2 nitrogen and oxygen atoms in total. The number of nitrogens with two attached hydrogens (primary N) is 1. The van der Waals surface area contributed by atoms with Crippen LogP contribution in [0.5, 0.6) is 5.75 Å². The van der Waals surface area contributed by atoms with Crippen molar-refractivity contribution in [3.05, 3.63) is 29.3 Å². The molecule has 0 saturated carbocycles. The molecule has 0 heterocycles. The summed E-state index contributed by atoms with van der Waals surface area (Å²) in [5.74, 6) is 1.00. The van der Waals surface area contributed by atoms with Crippen LogP contribution < -0.4 is 10.5 Å². The largest absolute Gasteiger partial charge is 0.493 e. The van der Waals surface area contributed by atoms with E-state index in [0.29, 0.717) is 0 Å². The molecule has 20 heavy (non-hydrogen) atoms. The monoisotopic (exact) mass is 277 g/mol. The Balaban J connectivity index is 2.19. The van der Waals surface area contributed by atoms with Gasteiger partial charge in [0.15, 0.2) is 0 Å². The van der Waals surface area contributed by atoms with Crippen molar-refractivity contribution in [2.45, 2.75) is 71.8 Å². The van der Waals surface area contributed by atoms with Gasteiger partial charge in [-0.2, -0.15) is 0 Å². The third-order valence-electron chi connectivity index (χ3n) is 3.73. The van der Waals surface area contributed by atoms with Crippen LogP contribution in [-0.4, -0.2) is 6.61 Å². The average Bonchev–Trinajstić information content (AvgIpc) is 2.43. The van der Waals surface area contributed by atoms with Gasteiger partial charge in [-0.25, -0.2) is 0 Å². The maximum absolute atomic E-state index is 5.88. The van der Waals surface area contributed by atoms with Crippen molar-refractivity contribution in [3.63, 3.8) is 0 Å². The smallest absolute Gasteiger partial charge is 0.122 e. The first-order valence-electron chi connectivity index (χ1n) is 8.14. The summed E-state index contributed by atoms with van der Waals surface area (Å²) in [6.45, 7) is 7.18. The van der Waals surface area contributed by atoms with Crippen LogP contribution in [0.15, 0.2) is 18.2 Å². The third-order valence-corrected chi connectivity index (χ3v) is 3.73. The highest BCUT2D eigenvalue weighted by molar-refractivity contribution is 5.37. The fourth-order valence-electron chi connectivity index (χ4n) is 2.36.